The molecule has 0 radical (unpaired) electrons. The summed E-state index contributed by atoms with van der Waals surface area (Å²) in [6.07, 6.45) is 3.91. The highest BCUT2D eigenvalue weighted by Crippen LogP contribution is 2.21. The molecule has 1 N–H and O–H groups in total. The molecule has 0 saturated carbocycles. The fourth-order valence-electron chi connectivity index (χ4n) is 2.99. The maximum Gasteiger partial charge on any atom is 0.240 e. The van der Waals surface area contributed by atoms with Crippen LogP contribution in [-0.4, -0.2) is 58.7 Å². The molecule has 1 aromatic carbocycles. The Morgan fingerprint density at radius 3 is 2.50 bits per heavy atom. The van der Waals surface area contributed by atoms with Crippen molar-refractivity contribution in [1.29, 1.82) is 0 Å². The number of anilines is 1. The van der Waals surface area contributed by atoms with E-state index >= 15 is 0 Å². The van der Waals surface area contributed by atoms with Gasteiger partial charge in [0.05, 0.1) is 11.9 Å². The first-order valence-electron chi connectivity index (χ1n) is 8.55. The van der Waals surface area contributed by atoms with Crippen LogP contribution in [0.1, 0.15) is 19.3 Å². The molecule has 0 atom stereocenters. The van der Waals surface area contributed by atoms with Crippen LogP contribution in [0.15, 0.2) is 18.2 Å². The summed E-state index contributed by atoms with van der Waals surface area (Å²) < 4.78 is 51.1. The second-order valence-electron chi connectivity index (χ2n) is 6.75. The summed E-state index contributed by atoms with van der Waals surface area (Å²) in [5, 5.41) is 2.71. The molecule has 0 bridgehead atoms. The Kier molecular flexibility index (Phi) is 6.94. The Morgan fingerprint density at radius 2 is 1.92 bits per heavy atom. The third-order valence-corrected chi connectivity index (χ3v) is 5.73. The van der Waals surface area contributed by atoms with Gasteiger partial charge in [-0.05, 0) is 57.5 Å². The van der Waals surface area contributed by atoms with Gasteiger partial charge in [-0.3, -0.25) is 9.10 Å². The first kappa shape index (κ1) is 20.6. The second-order valence-corrected chi connectivity index (χ2v) is 8.66. The molecule has 1 fully saturated rings. The predicted octanol–water partition coefficient (Wildman–Crippen LogP) is 1.58. The van der Waals surface area contributed by atoms with Crippen LogP contribution in [0.25, 0.3) is 0 Å². The van der Waals surface area contributed by atoms with Crippen LogP contribution in [0.2, 0.25) is 0 Å². The molecule has 0 aliphatic carbocycles. The first-order chi connectivity index (χ1) is 12.2. The molecule has 1 amide bonds. The highest BCUT2D eigenvalue weighted by Gasteiger charge is 2.22. The lowest BCUT2D eigenvalue weighted by Crippen LogP contribution is -2.41. The maximum absolute atomic E-state index is 13.4. The molecule has 9 heteroatoms. The number of piperidine rings is 1. The van der Waals surface area contributed by atoms with E-state index in [9.17, 15) is 22.0 Å². The van der Waals surface area contributed by atoms with E-state index in [-0.39, 0.29) is 5.69 Å². The number of carbonyl (C=O) groups is 1. The molecule has 1 aliphatic rings. The second kappa shape index (κ2) is 8.77. The van der Waals surface area contributed by atoms with Crippen LogP contribution < -0.4 is 9.62 Å². The fraction of sp³-hybridized carbons (Fsp3) is 0.588. The van der Waals surface area contributed by atoms with Gasteiger partial charge in [0.15, 0.2) is 11.6 Å². The topological polar surface area (TPSA) is 69.7 Å². The zero-order chi connectivity index (χ0) is 19.3. The van der Waals surface area contributed by atoms with E-state index in [4.69, 9.17) is 0 Å². The minimum atomic E-state index is -3.82. The Hall–Kier alpha value is -1.74. The number of rotatable bonds is 7. The van der Waals surface area contributed by atoms with Crippen LogP contribution in [0.5, 0.6) is 0 Å². The van der Waals surface area contributed by atoms with Crippen LogP contribution in [0.4, 0.5) is 14.5 Å². The number of nitrogens with one attached hydrogen (secondary N) is 1. The first-order valence-corrected chi connectivity index (χ1v) is 10.4. The van der Waals surface area contributed by atoms with E-state index in [1.165, 1.54) is 0 Å². The van der Waals surface area contributed by atoms with E-state index in [0.29, 0.717) is 12.5 Å². The summed E-state index contributed by atoms with van der Waals surface area (Å²) in [5.74, 6) is -2.18. The molecule has 146 valence electrons. The Labute approximate surface area is 153 Å². The standard InChI is InChI=1S/C17H25F2N3O3S/c1-21-9-6-13(7-10-21)5-8-20-17(23)12-22(26(2,24)25)14-3-4-15(18)16(19)11-14/h3-4,11,13H,5-10,12H2,1-2H3,(H,20,23). The number of benzene rings is 1. The molecule has 1 saturated heterocycles. The van der Waals surface area contributed by atoms with Crippen molar-refractivity contribution in [2.24, 2.45) is 5.92 Å². The SMILES string of the molecule is CN1CCC(CCNC(=O)CN(c2ccc(F)c(F)c2)S(C)(=O)=O)CC1. The van der Waals surface area contributed by atoms with Crippen molar-refractivity contribution in [3.8, 4) is 0 Å². The number of halogens is 2. The van der Waals surface area contributed by atoms with Gasteiger partial charge < -0.3 is 10.2 Å². The van der Waals surface area contributed by atoms with Crippen LogP contribution in [0, 0.1) is 17.6 Å². The largest absolute Gasteiger partial charge is 0.355 e. The van der Waals surface area contributed by atoms with Crippen molar-refractivity contribution in [3.63, 3.8) is 0 Å². The Morgan fingerprint density at radius 1 is 1.27 bits per heavy atom. The van der Waals surface area contributed by atoms with Gasteiger partial charge in [-0.15, -0.1) is 0 Å². The van der Waals surface area contributed by atoms with Gasteiger partial charge in [-0.1, -0.05) is 0 Å². The molecule has 1 heterocycles. The van der Waals surface area contributed by atoms with Crippen molar-refractivity contribution in [3.05, 3.63) is 29.8 Å². The summed E-state index contributed by atoms with van der Waals surface area (Å²) in [5.41, 5.74) is -0.0862. The van der Waals surface area contributed by atoms with Gasteiger partial charge >= 0.3 is 0 Å². The monoisotopic (exact) mass is 389 g/mol. The van der Waals surface area contributed by atoms with Crippen molar-refractivity contribution >= 4 is 21.6 Å². The molecule has 2 rings (SSSR count). The number of amides is 1. The molecule has 0 unspecified atom stereocenters. The summed E-state index contributed by atoms with van der Waals surface area (Å²) in [6.45, 7) is 2.06. The van der Waals surface area contributed by atoms with E-state index in [0.717, 1.165) is 61.1 Å². The molecule has 0 aromatic heterocycles. The highest BCUT2D eigenvalue weighted by molar-refractivity contribution is 7.92. The molecule has 1 aliphatic heterocycles. The van der Waals surface area contributed by atoms with Crippen LogP contribution in [-0.2, 0) is 14.8 Å². The Balaban J connectivity index is 1.91. The lowest BCUT2D eigenvalue weighted by Gasteiger charge is -2.29. The number of sulfonamides is 1. The minimum Gasteiger partial charge on any atom is -0.355 e. The van der Waals surface area contributed by atoms with Crippen molar-refractivity contribution in [2.45, 2.75) is 19.3 Å². The summed E-state index contributed by atoms with van der Waals surface area (Å²) in [4.78, 5) is 14.4. The van der Waals surface area contributed by atoms with Crippen LogP contribution in [0.3, 0.4) is 0 Å². The number of nitrogens with zero attached hydrogens (tertiary/aromatic N) is 2. The number of carbonyl (C=O) groups excluding carboxylic acids is 1. The molecule has 0 spiro atoms. The van der Waals surface area contributed by atoms with Gasteiger partial charge in [-0.25, -0.2) is 17.2 Å². The number of likely N-dealkylation sites (tertiary alicyclic amines) is 1. The van der Waals surface area contributed by atoms with E-state index in [1.807, 2.05) is 0 Å². The van der Waals surface area contributed by atoms with Gasteiger partial charge in [0, 0.05) is 12.6 Å². The number of hydrogen-bond acceptors (Lipinski definition) is 4. The minimum absolute atomic E-state index is 0.0862. The summed E-state index contributed by atoms with van der Waals surface area (Å²) in [7, 11) is -1.74. The lowest BCUT2D eigenvalue weighted by atomic mass is 9.94. The quantitative estimate of drug-likeness (QED) is 0.769. The van der Waals surface area contributed by atoms with Gasteiger partial charge in [0.2, 0.25) is 15.9 Å². The third kappa shape index (κ3) is 5.91. The zero-order valence-electron chi connectivity index (χ0n) is 15.0. The van der Waals surface area contributed by atoms with Crippen molar-refractivity contribution < 1.29 is 22.0 Å². The van der Waals surface area contributed by atoms with Crippen molar-refractivity contribution in [1.82, 2.24) is 10.2 Å². The molecule has 26 heavy (non-hydrogen) atoms. The third-order valence-electron chi connectivity index (χ3n) is 4.59. The summed E-state index contributed by atoms with van der Waals surface area (Å²) >= 11 is 0. The van der Waals surface area contributed by atoms with E-state index in [1.54, 1.807) is 0 Å². The van der Waals surface area contributed by atoms with E-state index in [2.05, 4.69) is 17.3 Å². The average molecular weight is 389 g/mol. The fourth-order valence-corrected chi connectivity index (χ4v) is 3.84. The molecular weight excluding hydrogens is 364 g/mol. The van der Waals surface area contributed by atoms with Gasteiger partial charge in [-0.2, -0.15) is 0 Å². The van der Waals surface area contributed by atoms with Crippen LogP contribution >= 0.6 is 0 Å². The molecular formula is C17H25F2N3O3S. The maximum atomic E-state index is 13.4. The van der Waals surface area contributed by atoms with Crippen molar-refractivity contribution in [2.75, 3.05) is 43.8 Å². The predicted molar refractivity (Wildman–Crippen MR) is 96.4 cm³/mol. The normalized spacial score (nSPS) is 16.5. The smallest absolute Gasteiger partial charge is 0.240 e. The highest BCUT2D eigenvalue weighted by atomic mass is 32.2. The van der Waals surface area contributed by atoms with Gasteiger partial charge in [0.25, 0.3) is 0 Å². The molecule has 6 nitrogen and oxygen atoms in total. The molecule has 1 aromatic rings. The lowest BCUT2D eigenvalue weighted by molar-refractivity contribution is -0.119. The number of hydrogen-bond donors (Lipinski definition) is 1. The average Bonchev–Trinajstić information content (AvgIpc) is 2.56. The van der Waals surface area contributed by atoms with E-state index < -0.39 is 34.1 Å². The zero-order valence-corrected chi connectivity index (χ0v) is 15.9. The van der Waals surface area contributed by atoms with Gasteiger partial charge in [0.1, 0.15) is 6.54 Å². The Bertz CT molecular complexity index is 735. The summed E-state index contributed by atoms with van der Waals surface area (Å²) in [6, 6.07) is 2.73.